The van der Waals surface area contributed by atoms with E-state index in [1.807, 2.05) is 26.0 Å². The van der Waals surface area contributed by atoms with E-state index in [-0.39, 0.29) is 11.6 Å². The van der Waals surface area contributed by atoms with Gasteiger partial charge in [-0.1, -0.05) is 32.4 Å². The van der Waals surface area contributed by atoms with Gasteiger partial charge in [-0.25, -0.2) is 0 Å². The Morgan fingerprint density at radius 1 is 1.18 bits per heavy atom. The summed E-state index contributed by atoms with van der Waals surface area (Å²) in [4.78, 5) is 0. The van der Waals surface area contributed by atoms with Gasteiger partial charge in [0.1, 0.15) is 5.75 Å². The Balaban J connectivity index is 2.86. The number of ether oxygens (including phenoxy) is 1. The minimum Gasteiger partial charge on any atom is -0.491 e. The van der Waals surface area contributed by atoms with E-state index >= 15 is 0 Å². The normalized spacial score (nSPS) is 16.6. The molecule has 2 heteroatoms. The van der Waals surface area contributed by atoms with E-state index in [9.17, 15) is 0 Å². The third kappa shape index (κ3) is 3.47. The zero-order valence-corrected chi connectivity index (χ0v) is 11.7. The van der Waals surface area contributed by atoms with E-state index in [0.717, 1.165) is 12.2 Å². The topological polar surface area (TPSA) is 35.2 Å². The van der Waals surface area contributed by atoms with Crippen LogP contribution in [0.3, 0.4) is 0 Å². The first kappa shape index (κ1) is 14.0. The summed E-state index contributed by atoms with van der Waals surface area (Å²) in [7, 11) is 0. The smallest absolute Gasteiger partial charge is 0.119 e. The van der Waals surface area contributed by atoms with Crippen molar-refractivity contribution < 1.29 is 4.74 Å². The van der Waals surface area contributed by atoms with Crippen molar-refractivity contribution in [2.24, 2.45) is 11.7 Å². The largest absolute Gasteiger partial charge is 0.491 e. The molecule has 0 amide bonds. The fourth-order valence-electron chi connectivity index (χ4n) is 1.87. The van der Waals surface area contributed by atoms with Crippen molar-refractivity contribution in [3.63, 3.8) is 0 Å². The highest BCUT2D eigenvalue weighted by Gasteiger charge is 2.27. The summed E-state index contributed by atoms with van der Waals surface area (Å²) in [6.45, 7) is 10.5. The summed E-state index contributed by atoms with van der Waals surface area (Å²) in [6, 6.07) is 8.15. The maximum atomic E-state index is 6.40. The molecule has 96 valence electrons. The van der Waals surface area contributed by atoms with Crippen LogP contribution in [0.2, 0.25) is 0 Å². The minimum atomic E-state index is -0.273. The second kappa shape index (κ2) is 5.54. The Morgan fingerprint density at radius 3 is 2.12 bits per heavy atom. The molecule has 2 N–H and O–H groups in total. The van der Waals surface area contributed by atoms with Crippen LogP contribution in [0.25, 0.3) is 0 Å². The van der Waals surface area contributed by atoms with E-state index in [1.54, 1.807) is 0 Å². The first-order valence-corrected chi connectivity index (χ1v) is 6.44. The summed E-state index contributed by atoms with van der Waals surface area (Å²) >= 11 is 0. The molecule has 17 heavy (non-hydrogen) atoms. The minimum absolute atomic E-state index is 0.208. The van der Waals surface area contributed by atoms with E-state index < -0.39 is 0 Å². The summed E-state index contributed by atoms with van der Waals surface area (Å²) in [5.41, 5.74) is 7.30. The summed E-state index contributed by atoms with van der Waals surface area (Å²) in [6.07, 6.45) is 1.29. The Labute approximate surface area is 105 Å². The lowest BCUT2D eigenvalue weighted by Gasteiger charge is -2.31. The molecule has 0 bridgehead atoms. The molecule has 2 unspecified atom stereocenters. The van der Waals surface area contributed by atoms with Gasteiger partial charge in [0.25, 0.3) is 0 Å². The van der Waals surface area contributed by atoms with Crippen LogP contribution in [0.15, 0.2) is 24.3 Å². The van der Waals surface area contributed by atoms with Crippen LogP contribution >= 0.6 is 0 Å². The lowest BCUT2D eigenvalue weighted by atomic mass is 9.80. The molecule has 0 saturated heterocycles. The predicted octanol–water partition coefficient (Wildman–Crippen LogP) is 3.69. The van der Waals surface area contributed by atoms with Gasteiger partial charge in [-0.05, 0) is 44.4 Å². The van der Waals surface area contributed by atoms with Gasteiger partial charge >= 0.3 is 0 Å². The van der Waals surface area contributed by atoms with Crippen LogP contribution in [-0.4, -0.2) is 6.10 Å². The molecule has 0 saturated carbocycles. The number of hydrogen-bond donors (Lipinski definition) is 1. The first-order valence-electron chi connectivity index (χ1n) is 6.44. The van der Waals surface area contributed by atoms with E-state index in [2.05, 4.69) is 32.9 Å². The molecule has 0 radical (unpaired) electrons. The number of hydrogen-bond acceptors (Lipinski definition) is 2. The number of nitrogens with two attached hydrogens (primary N) is 1. The van der Waals surface area contributed by atoms with Crippen LogP contribution in [0, 0.1) is 5.92 Å². The fraction of sp³-hybridized carbons (Fsp3) is 0.600. The molecular weight excluding hydrogens is 210 g/mol. The fourth-order valence-corrected chi connectivity index (χ4v) is 1.87. The van der Waals surface area contributed by atoms with Gasteiger partial charge in [-0.2, -0.15) is 0 Å². The average molecular weight is 235 g/mol. The molecule has 2 nitrogen and oxygen atoms in total. The molecule has 1 aromatic carbocycles. The molecule has 0 aliphatic rings. The van der Waals surface area contributed by atoms with Gasteiger partial charge in [0.2, 0.25) is 0 Å². The van der Waals surface area contributed by atoms with Crippen molar-refractivity contribution in [3.8, 4) is 5.75 Å². The van der Waals surface area contributed by atoms with Gasteiger partial charge in [-0.15, -0.1) is 0 Å². The van der Waals surface area contributed by atoms with Crippen LogP contribution in [0.5, 0.6) is 5.75 Å². The summed E-state index contributed by atoms with van der Waals surface area (Å²) in [5.74, 6) is 1.36. The van der Waals surface area contributed by atoms with Gasteiger partial charge in [0.05, 0.1) is 6.10 Å². The Kier molecular flexibility index (Phi) is 4.58. The van der Waals surface area contributed by atoms with Crippen LogP contribution in [0.4, 0.5) is 0 Å². The highest BCUT2D eigenvalue weighted by atomic mass is 16.5. The van der Waals surface area contributed by atoms with Gasteiger partial charge in [-0.3, -0.25) is 0 Å². The van der Waals surface area contributed by atoms with E-state index in [4.69, 9.17) is 10.5 Å². The quantitative estimate of drug-likeness (QED) is 0.844. The molecule has 0 spiro atoms. The lowest BCUT2D eigenvalue weighted by Crippen LogP contribution is -2.39. The third-order valence-electron chi connectivity index (χ3n) is 3.48. The standard InChI is InChI=1S/C15H25NO/c1-6-12(4)15(5,16)13-7-9-14(10-8-13)17-11(2)3/h7-12H,6,16H2,1-5H3. The van der Waals surface area contributed by atoms with Crippen molar-refractivity contribution in [1.82, 2.24) is 0 Å². The summed E-state index contributed by atoms with van der Waals surface area (Å²) < 4.78 is 5.63. The average Bonchev–Trinajstić information content (AvgIpc) is 2.27. The van der Waals surface area contributed by atoms with E-state index in [1.165, 1.54) is 5.56 Å². The summed E-state index contributed by atoms with van der Waals surface area (Å²) in [5, 5.41) is 0. The molecule has 0 aliphatic carbocycles. The second-order valence-corrected chi connectivity index (χ2v) is 5.28. The third-order valence-corrected chi connectivity index (χ3v) is 3.48. The number of rotatable bonds is 5. The van der Waals surface area contributed by atoms with E-state index in [0.29, 0.717) is 5.92 Å². The van der Waals surface area contributed by atoms with Crippen LogP contribution in [-0.2, 0) is 5.54 Å². The van der Waals surface area contributed by atoms with Gasteiger partial charge in [0, 0.05) is 5.54 Å². The highest BCUT2D eigenvalue weighted by molar-refractivity contribution is 5.31. The highest BCUT2D eigenvalue weighted by Crippen LogP contribution is 2.29. The van der Waals surface area contributed by atoms with Gasteiger partial charge < -0.3 is 10.5 Å². The van der Waals surface area contributed by atoms with Crippen molar-refractivity contribution in [2.45, 2.75) is 52.7 Å². The predicted molar refractivity (Wildman–Crippen MR) is 73.2 cm³/mol. The molecule has 0 aromatic heterocycles. The molecule has 1 rings (SSSR count). The second-order valence-electron chi connectivity index (χ2n) is 5.28. The molecular formula is C15H25NO. The SMILES string of the molecule is CCC(C)C(C)(N)c1ccc(OC(C)C)cc1. The van der Waals surface area contributed by atoms with Crippen molar-refractivity contribution >= 4 is 0 Å². The lowest BCUT2D eigenvalue weighted by molar-refractivity contribution is 0.242. The van der Waals surface area contributed by atoms with Crippen molar-refractivity contribution in [2.75, 3.05) is 0 Å². The monoisotopic (exact) mass is 235 g/mol. The molecule has 2 atom stereocenters. The zero-order valence-electron chi connectivity index (χ0n) is 11.7. The van der Waals surface area contributed by atoms with Crippen molar-refractivity contribution in [1.29, 1.82) is 0 Å². The maximum Gasteiger partial charge on any atom is 0.119 e. The first-order chi connectivity index (χ1) is 7.87. The number of benzene rings is 1. The Bertz CT molecular complexity index is 340. The maximum absolute atomic E-state index is 6.40. The zero-order chi connectivity index (χ0) is 13.1. The van der Waals surface area contributed by atoms with Crippen molar-refractivity contribution in [3.05, 3.63) is 29.8 Å². The molecule has 0 fully saturated rings. The van der Waals surface area contributed by atoms with Crippen LogP contribution in [0.1, 0.15) is 46.6 Å². The van der Waals surface area contributed by atoms with Crippen LogP contribution < -0.4 is 10.5 Å². The Hall–Kier alpha value is -1.02. The molecule has 1 aromatic rings. The molecule has 0 heterocycles. The molecule has 0 aliphatic heterocycles. The Morgan fingerprint density at radius 2 is 1.71 bits per heavy atom. The van der Waals surface area contributed by atoms with Gasteiger partial charge in [0.15, 0.2) is 0 Å².